The second kappa shape index (κ2) is 13.0. The summed E-state index contributed by atoms with van der Waals surface area (Å²) in [5, 5.41) is 2.88. The minimum absolute atomic E-state index is 0.00618. The van der Waals surface area contributed by atoms with Crippen molar-refractivity contribution in [2.24, 2.45) is 0 Å². The van der Waals surface area contributed by atoms with E-state index in [1.165, 1.54) is 41.3 Å². The maximum absolute atomic E-state index is 13.8. The van der Waals surface area contributed by atoms with Gasteiger partial charge in [-0.1, -0.05) is 53.2 Å². The third-order valence-corrected chi connectivity index (χ3v) is 8.48. The van der Waals surface area contributed by atoms with Gasteiger partial charge in [-0.2, -0.15) is 0 Å². The summed E-state index contributed by atoms with van der Waals surface area (Å²) in [6.45, 7) is 4.84. The highest BCUT2D eigenvalue weighted by Crippen LogP contribution is 2.26. The number of hydrogen-bond acceptors (Lipinski definition) is 4. The first-order valence-corrected chi connectivity index (χ1v) is 14.4. The van der Waals surface area contributed by atoms with Gasteiger partial charge in [0.1, 0.15) is 18.4 Å². The lowest BCUT2D eigenvalue weighted by molar-refractivity contribution is -0.139. The molecule has 0 aromatic heterocycles. The van der Waals surface area contributed by atoms with Crippen LogP contribution in [0.1, 0.15) is 32.8 Å². The average molecular weight is 605 g/mol. The molecule has 3 aromatic carbocycles. The van der Waals surface area contributed by atoms with Crippen LogP contribution in [-0.2, 0) is 26.2 Å². The van der Waals surface area contributed by atoms with Crippen LogP contribution < -0.4 is 9.62 Å². The van der Waals surface area contributed by atoms with Crippen LogP contribution in [0.3, 0.4) is 0 Å². The molecule has 38 heavy (non-hydrogen) atoms. The van der Waals surface area contributed by atoms with Crippen molar-refractivity contribution >= 4 is 43.5 Å². The Hall–Kier alpha value is -3.24. The highest BCUT2D eigenvalue weighted by molar-refractivity contribution is 9.10. The summed E-state index contributed by atoms with van der Waals surface area (Å²) in [6, 6.07) is 19.0. The smallest absolute Gasteiger partial charge is 0.264 e. The van der Waals surface area contributed by atoms with Crippen molar-refractivity contribution in [1.29, 1.82) is 0 Å². The maximum atomic E-state index is 13.8. The summed E-state index contributed by atoms with van der Waals surface area (Å²) in [5.74, 6) is -1.37. The molecule has 2 amide bonds. The standard InChI is InChI=1S/C28H31BrFN3O4S/c1-4-20(2)31-28(35)21(3)32(18-22-10-14-24(30)15-11-22)27(34)19-33(25-16-12-23(29)13-17-25)38(36,37)26-8-6-5-7-9-26/h5-17,20-21H,4,18-19H2,1-3H3,(H,31,35). The Balaban J connectivity index is 2.00. The molecule has 3 aromatic rings. The number of benzene rings is 3. The first-order valence-electron chi connectivity index (χ1n) is 12.2. The van der Waals surface area contributed by atoms with Gasteiger partial charge in [-0.3, -0.25) is 13.9 Å². The number of rotatable bonds is 11. The molecule has 0 aliphatic rings. The van der Waals surface area contributed by atoms with Crippen LogP contribution in [0.5, 0.6) is 0 Å². The predicted octanol–water partition coefficient (Wildman–Crippen LogP) is 5.12. The van der Waals surface area contributed by atoms with Crippen molar-refractivity contribution in [1.82, 2.24) is 10.2 Å². The summed E-state index contributed by atoms with van der Waals surface area (Å²) < 4.78 is 42.7. The Labute approximate surface area is 231 Å². The summed E-state index contributed by atoms with van der Waals surface area (Å²) in [6.07, 6.45) is 0.705. The topological polar surface area (TPSA) is 86.8 Å². The van der Waals surface area contributed by atoms with Crippen LogP contribution >= 0.6 is 15.9 Å². The molecule has 0 radical (unpaired) electrons. The lowest BCUT2D eigenvalue weighted by Gasteiger charge is -2.32. The van der Waals surface area contributed by atoms with Gasteiger partial charge in [0, 0.05) is 17.1 Å². The first kappa shape index (κ1) is 29.3. The molecular weight excluding hydrogens is 573 g/mol. The van der Waals surface area contributed by atoms with Crippen molar-refractivity contribution in [3.05, 3.63) is 94.7 Å². The number of hydrogen-bond donors (Lipinski definition) is 1. The SMILES string of the molecule is CCC(C)NC(=O)C(C)N(Cc1ccc(F)cc1)C(=O)CN(c1ccc(Br)cc1)S(=O)(=O)c1ccccc1. The van der Waals surface area contributed by atoms with Gasteiger partial charge in [0.2, 0.25) is 11.8 Å². The van der Waals surface area contributed by atoms with Gasteiger partial charge in [-0.25, -0.2) is 12.8 Å². The van der Waals surface area contributed by atoms with E-state index in [2.05, 4.69) is 21.2 Å². The largest absolute Gasteiger partial charge is 0.352 e. The number of nitrogens with zero attached hydrogens (tertiary/aromatic N) is 2. The third-order valence-electron chi connectivity index (χ3n) is 6.16. The molecule has 0 fully saturated rings. The van der Waals surface area contributed by atoms with Crippen LogP contribution in [0.4, 0.5) is 10.1 Å². The van der Waals surface area contributed by atoms with E-state index in [9.17, 15) is 22.4 Å². The van der Waals surface area contributed by atoms with E-state index in [4.69, 9.17) is 0 Å². The minimum atomic E-state index is -4.12. The van der Waals surface area contributed by atoms with Gasteiger partial charge in [0.15, 0.2) is 0 Å². The molecule has 1 N–H and O–H groups in total. The summed E-state index contributed by atoms with van der Waals surface area (Å²) in [5.41, 5.74) is 0.896. The van der Waals surface area contributed by atoms with Crippen LogP contribution in [0, 0.1) is 5.82 Å². The Kier molecular flexibility index (Phi) is 10.0. The number of carbonyl (C=O) groups is 2. The summed E-state index contributed by atoms with van der Waals surface area (Å²) in [4.78, 5) is 28.2. The fraction of sp³-hybridized carbons (Fsp3) is 0.286. The highest BCUT2D eigenvalue weighted by Gasteiger charge is 2.32. The fourth-order valence-corrected chi connectivity index (χ4v) is 5.39. The molecule has 0 saturated carbocycles. The van der Waals surface area contributed by atoms with E-state index in [0.717, 1.165) is 8.78 Å². The summed E-state index contributed by atoms with van der Waals surface area (Å²) in [7, 11) is -4.12. The normalized spacial score (nSPS) is 12.9. The number of amides is 2. The molecule has 0 saturated heterocycles. The summed E-state index contributed by atoms with van der Waals surface area (Å²) >= 11 is 3.35. The molecule has 7 nitrogen and oxygen atoms in total. The van der Waals surface area contributed by atoms with Gasteiger partial charge in [0.05, 0.1) is 10.6 Å². The average Bonchev–Trinajstić information content (AvgIpc) is 2.91. The Morgan fingerprint density at radius 1 is 0.947 bits per heavy atom. The van der Waals surface area contributed by atoms with Crippen molar-refractivity contribution in [3.8, 4) is 0 Å². The fourth-order valence-electron chi connectivity index (χ4n) is 3.69. The van der Waals surface area contributed by atoms with Crippen molar-refractivity contribution in [2.45, 2.75) is 50.7 Å². The molecule has 2 unspecified atom stereocenters. The monoisotopic (exact) mass is 603 g/mol. The Morgan fingerprint density at radius 3 is 2.13 bits per heavy atom. The van der Waals surface area contributed by atoms with Crippen molar-refractivity contribution in [3.63, 3.8) is 0 Å². The third kappa shape index (κ3) is 7.41. The van der Waals surface area contributed by atoms with E-state index in [-0.39, 0.29) is 23.4 Å². The van der Waals surface area contributed by atoms with Crippen LogP contribution in [-0.4, -0.2) is 43.8 Å². The van der Waals surface area contributed by atoms with E-state index >= 15 is 0 Å². The van der Waals surface area contributed by atoms with Crippen LogP contribution in [0.25, 0.3) is 0 Å². The van der Waals surface area contributed by atoms with Gasteiger partial charge < -0.3 is 10.2 Å². The van der Waals surface area contributed by atoms with Gasteiger partial charge in [-0.05, 0) is 74.4 Å². The van der Waals surface area contributed by atoms with E-state index in [0.29, 0.717) is 17.7 Å². The molecule has 0 aliphatic heterocycles. The Bertz CT molecular complexity index is 1340. The molecular formula is C28H31BrFN3O4S. The number of halogens is 2. The molecule has 2 atom stereocenters. The Morgan fingerprint density at radius 2 is 1.55 bits per heavy atom. The molecule has 10 heteroatoms. The lowest BCUT2D eigenvalue weighted by Crippen LogP contribution is -2.52. The molecule has 0 bridgehead atoms. The highest BCUT2D eigenvalue weighted by atomic mass is 79.9. The van der Waals surface area contributed by atoms with E-state index in [1.54, 1.807) is 49.4 Å². The van der Waals surface area contributed by atoms with Gasteiger partial charge in [0.25, 0.3) is 10.0 Å². The van der Waals surface area contributed by atoms with Crippen LogP contribution in [0.15, 0.2) is 88.2 Å². The second-order valence-electron chi connectivity index (χ2n) is 8.94. The predicted molar refractivity (Wildman–Crippen MR) is 149 cm³/mol. The molecule has 0 aliphatic carbocycles. The minimum Gasteiger partial charge on any atom is -0.352 e. The zero-order valence-electron chi connectivity index (χ0n) is 21.5. The number of sulfonamides is 1. The van der Waals surface area contributed by atoms with Crippen LogP contribution in [0.2, 0.25) is 0 Å². The van der Waals surface area contributed by atoms with Crippen molar-refractivity contribution < 1.29 is 22.4 Å². The van der Waals surface area contributed by atoms with E-state index in [1.807, 2.05) is 13.8 Å². The quantitative estimate of drug-likeness (QED) is 0.330. The zero-order valence-corrected chi connectivity index (χ0v) is 23.9. The van der Waals surface area contributed by atoms with E-state index < -0.39 is 34.3 Å². The van der Waals surface area contributed by atoms with Gasteiger partial charge >= 0.3 is 0 Å². The number of carbonyl (C=O) groups excluding carboxylic acids is 2. The first-order chi connectivity index (χ1) is 18.0. The molecule has 0 spiro atoms. The molecule has 3 rings (SSSR count). The second-order valence-corrected chi connectivity index (χ2v) is 11.7. The number of nitrogens with one attached hydrogen (secondary N) is 1. The lowest BCUT2D eigenvalue weighted by atomic mass is 10.1. The maximum Gasteiger partial charge on any atom is 0.264 e. The van der Waals surface area contributed by atoms with Crippen molar-refractivity contribution in [2.75, 3.05) is 10.8 Å². The molecule has 202 valence electrons. The van der Waals surface area contributed by atoms with Gasteiger partial charge in [-0.15, -0.1) is 0 Å². The molecule has 0 heterocycles. The zero-order chi connectivity index (χ0) is 27.9. The number of anilines is 1.